The number of anilines is 1. The van der Waals surface area contributed by atoms with Crippen LogP contribution in [0.5, 0.6) is 0 Å². The molecule has 3 aromatic rings. The largest absolute Gasteiger partial charge is 0.349 e. The van der Waals surface area contributed by atoms with Crippen molar-refractivity contribution >= 4 is 39.0 Å². The number of sulfonamides is 1. The zero-order valence-electron chi connectivity index (χ0n) is 14.7. The van der Waals surface area contributed by atoms with E-state index in [9.17, 15) is 13.2 Å². The number of rotatable bonds is 4. The van der Waals surface area contributed by atoms with E-state index in [4.69, 9.17) is 0 Å². The second kappa shape index (κ2) is 7.13. The summed E-state index contributed by atoms with van der Waals surface area (Å²) in [5, 5.41) is 8.64. The number of hydrogen-bond acceptors (Lipinski definition) is 7. The molecule has 0 bridgehead atoms. The number of fused-ring (bicyclic) bond motifs is 1. The maximum absolute atomic E-state index is 12.4. The summed E-state index contributed by atoms with van der Waals surface area (Å²) in [6, 6.07) is 13.8. The van der Waals surface area contributed by atoms with Crippen LogP contribution in [-0.2, 0) is 14.8 Å². The van der Waals surface area contributed by atoms with Gasteiger partial charge in [-0.05, 0) is 35.8 Å². The van der Waals surface area contributed by atoms with Crippen LogP contribution in [0.2, 0.25) is 0 Å². The van der Waals surface area contributed by atoms with Gasteiger partial charge in [-0.1, -0.05) is 28.8 Å². The molecule has 0 aliphatic carbocycles. The number of aromatic nitrogens is 2. The lowest BCUT2D eigenvalue weighted by molar-refractivity contribution is -0.116. The molecule has 1 aromatic heterocycles. The van der Waals surface area contributed by atoms with Crippen molar-refractivity contribution in [1.82, 2.24) is 14.5 Å². The third-order valence-corrected chi connectivity index (χ3v) is 6.01. The van der Waals surface area contributed by atoms with Gasteiger partial charge in [0.05, 0.1) is 6.54 Å². The molecule has 0 spiro atoms. The van der Waals surface area contributed by atoms with Gasteiger partial charge in [0.2, 0.25) is 5.91 Å². The van der Waals surface area contributed by atoms with Crippen LogP contribution in [0.25, 0.3) is 11.3 Å². The predicted octanol–water partition coefficient (Wildman–Crippen LogP) is 2.22. The molecule has 1 N–H and O–H groups in total. The van der Waals surface area contributed by atoms with Crippen molar-refractivity contribution in [3.63, 3.8) is 0 Å². The van der Waals surface area contributed by atoms with Gasteiger partial charge >= 0.3 is 0 Å². The molecular weight excluding hydrogens is 398 g/mol. The number of carbonyl (C=O) groups excluding carboxylic acids is 1. The summed E-state index contributed by atoms with van der Waals surface area (Å²) in [5.41, 5.74) is 2.82. The third kappa shape index (κ3) is 3.51. The molecule has 4 rings (SSSR count). The van der Waals surface area contributed by atoms with E-state index < -0.39 is 10.0 Å². The maximum Gasteiger partial charge on any atom is 0.285 e. The Kier molecular flexibility index (Phi) is 4.65. The van der Waals surface area contributed by atoms with Gasteiger partial charge in [-0.3, -0.25) is 4.79 Å². The van der Waals surface area contributed by atoms with Gasteiger partial charge in [0.15, 0.2) is 5.84 Å². The van der Waals surface area contributed by atoms with E-state index in [0.29, 0.717) is 11.3 Å². The molecule has 1 aliphatic heterocycles. The second-order valence-corrected chi connectivity index (χ2v) is 8.34. The monoisotopic (exact) mass is 413 g/mol. The fourth-order valence-electron chi connectivity index (χ4n) is 2.87. The minimum Gasteiger partial charge on any atom is -0.349 e. The van der Waals surface area contributed by atoms with E-state index in [0.717, 1.165) is 11.3 Å². The van der Waals surface area contributed by atoms with Crippen molar-refractivity contribution in [3.05, 3.63) is 59.5 Å². The van der Waals surface area contributed by atoms with Crippen LogP contribution in [0.1, 0.15) is 5.56 Å². The van der Waals surface area contributed by atoms with E-state index >= 15 is 0 Å². The first kappa shape index (κ1) is 18.3. The number of nitrogens with one attached hydrogen (secondary N) is 1. The molecule has 2 heterocycles. The molecular formula is C18H15N5O3S2. The average molecular weight is 413 g/mol. The van der Waals surface area contributed by atoms with Crippen molar-refractivity contribution in [3.8, 4) is 11.3 Å². The first-order valence-electron chi connectivity index (χ1n) is 8.27. The zero-order chi connectivity index (χ0) is 19.7. The lowest BCUT2D eigenvalue weighted by Gasteiger charge is -2.18. The lowest BCUT2D eigenvalue weighted by atomic mass is 10.1. The molecule has 0 atom stereocenters. The predicted molar refractivity (Wildman–Crippen MR) is 107 cm³/mol. The Balaban J connectivity index is 1.44. The van der Waals surface area contributed by atoms with Gasteiger partial charge < -0.3 is 10.2 Å². The summed E-state index contributed by atoms with van der Waals surface area (Å²) in [5.74, 6) is -0.0211. The molecule has 1 aliphatic rings. The SMILES string of the molecule is CN(CC(=O)Nc1ccc(-c2csnn2)cc1)C1=NS(=O)(=O)c2ccccc21. The standard InChI is InChI=1S/C18H15N5O3S2/c1-23(18-14-4-2-3-5-16(14)28(25,26)21-18)10-17(24)19-13-8-6-12(7-9-13)15-11-27-22-20-15/h2-9,11H,10H2,1H3,(H,19,24). The smallest absolute Gasteiger partial charge is 0.285 e. The number of benzene rings is 2. The molecule has 142 valence electrons. The molecule has 0 fully saturated rings. The van der Waals surface area contributed by atoms with E-state index in [1.807, 2.05) is 17.5 Å². The van der Waals surface area contributed by atoms with Crippen LogP contribution in [-0.4, -0.2) is 48.2 Å². The molecule has 0 saturated carbocycles. The van der Waals surface area contributed by atoms with Gasteiger partial charge in [0.25, 0.3) is 10.0 Å². The van der Waals surface area contributed by atoms with E-state index in [1.165, 1.54) is 22.5 Å². The number of amidine groups is 1. The maximum atomic E-state index is 12.4. The Labute approximate surface area is 165 Å². The highest BCUT2D eigenvalue weighted by atomic mass is 32.2. The van der Waals surface area contributed by atoms with Crippen molar-refractivity contribution in [2.24, 2.45) is 4.40 Å². The van der Waals surface area contributed by atoms with Gasteiger partial charge in [-0.2, -0.15) is 8.42 Å². The molecule has 1 amide bonds. The fourth-order valence-corrected chi connectivity index (χ4v) is 4.59. The van der Waals surface area contributed by atoms with Crippen molar-refractivity contribution in [1.29, 1.82) is 0 Å². The minimum absolute atomic E-state index is 0.0412. The van der Waals surface area contributed by atoms with Crippen LogP contribution >= 0.6 is 11.5 Å². The Hall–Kier alpha value is -3.11. The van der Waals surface area contributed by atoms with Gasteiger partial charge in [-0.25, -0.2) is 0 Å². The summed E-state index contributed by atoms with van der Waals surface area (Å²) >= 11 is 1.27. The normalized spacial score (nSPS) is 14.2. The Morgan fingerprint density at radius 3 is 2.61 bits per heavy atom. The summed E-state index contributed by atoms with van der Waals surface area (Å²) in [4.78, 5) is 14.1. The summed E-state index contributed by atoms with van der Waals surface area (Å²) in [6.07, 6.45) is 0. The highest BCUT2D eigenvalue weighted by molar-refractivity contribution is 7.90. The quantitative estimate of drug-likeness (QED) is 0.703. The lowest BCUT2D eigenvalue weighted by Crippen LogP contribution is -2.34. The molecule has 2 aromatic carbocycles. The first-order valence-corrected chi connectivity index (χ1v) is 10.5. The molecule has 8 nitrogen and oxygen atoms in total. The third-order valence-electron chi connectivity index (χ3n) is 4.18. The number of nitrogens with zero attached hydrogens (tertiary/aromatic N) is 4. The first-order chi connectivity index (χ1) is 13.4. The fraction of sp³-hybridized carbons (Fsp3) is 0.111. The molecule has 28 heavy (non-hydrogen) atoms. The summed E-state index contributed by atoms with van der Waals surface area (Å²) in [6.45, 7) is -0.0412. The Morgan fingerprint density at radius 1 is 1.14 bits per heavy atom. The Morgan fingerprint density at radius 2 is 1.89 bits per heavy atom. The highest BCUT2D eigenvalue weighted by Gasteiger charge is 2.30. The summed E-state index contributed by atoms with van der Waals surface area (Å²) in [7, 11) is -2.08. The number of hydrogen-bond donors (Lipinski definition) is 1. The molecule has 0 unspecified atom stereocenters. The number of amides is 1. The number of carbonyl (C=O) groups is 1. The second-order valence-electron chi connectivity index (χ2n) is 6.16. The topological polar surface area (TPSA) is 105 Å². The van der Waals surface area contributed by atoms with Crippen molar-refractivity contribution < 1.29 is 13.2 Å². The van der Waals surface area contributed by atoms with Crippen molar-refractivity contribution in [2.45, 2.75) is 4.90 Å². The molecule has 10 heteroatoms. The van der Waals surface area contributed by atoms with Gasteiger partial charge in [0, 0.05) is 29.2 Å². The van der Waals surface area contributed by atoms with Crippen LogP contribution in [0.3, 0.4) is 0 Å². The minimum atomic E-state index is -3.72. The zero-order valence-corrected chi connectivity index (χ0v) is 16.4. The van der Waals surface area contributed by atoms with Crippen LogP contribution in [0.15, 0.2) is 63.2 Å². The van der Waals surface area contributed by atoms with E-state index in [-0.39, 0.29) is 23.2 Å². The van der Waals surface area contributed by atoms with E-state index in [2.05, 4.69) is 19.3 Å². The van der Waals surface area contributed by atoms with Crippen molar-refractivity contribution in [2.75, 3.05) is 18.9 Å². The van der Waals surface area contributed by atoms with Gasteiger partial charge in [-0.15, -0.1) is 9.50 Å². The van der Waals surface area contributed by atoms with Gasteiger partial charge in [0.1, 0.15) is 10.6 Å². The van der Waals surface area contributed by atoms with Crippen LogP contribution in [0, 0.1) is 0 Å². The summed E-state index contributed by atoms with van der Waals surface area (Å²) < 4.78 is 31.9. The number of likely N-dealkylation sites (N-methyl/N-ethyl adjacent to an activating group) is 1. The average Bonchev–Trinajstić information content (AvgIpc) is 3.29. The highest BCUT2D eigenvalue weighted by Crippen LogP contribution is 2.27. The van der Waals surface area contributed by atoms with E-state index in [1.54, 1.807) is 37.4 Å². The van der Waals surface area contributed by atoms with Crippen LogP contribution in [0.4, 0.5) is 5.69 Å². The molecule has 0 radical (unpaired) electrons. The van der Waals surface area contributed by atoms with Crippen LogP contribution < -0.4 is 5.32 Å². The Bertz CT molecular complexity index is 1160. The molecule has 0 saturated heterocycles.